The van der Waals surface area contributed by atoms with Gasteiger partial charge in [0.1, 0.15) is 5.78 Å². The minimum Gasteiger partial charge on any atom is -0.299 e. The number of nitrogens with zero attached hydrogens (tertiary/aromatic N) is 1. The molecular weight excluding hydrogens is 238 g/mol. The van der Waals surface area contributed by atoms with E-state index >= 15 is 0 Å². The van der Waals surface area contributed by atoms with Crippen molar-refractivity contribution in [2.45, 2.75) is 38.4 Å². The molecule has 0 bridgehead atoms. The summed E-state index contributed by atoms with van der Waals surface area (Å²) in [6.45, 7) is 4.10. The molecule has 0 N–H and O–H groups in total. The van der Waals surface area contributed by atoms with Gasteiger partial charge in [0.25, 0.3) is 0 Å². The third-order valence-electron chi connectivity index (χ3n) is 2.94. The molecule has 0 aromatic carbocycles. The van der Waals surface area contributed by atoms with Crippen LogP contribution in [-0.4, -0.2) is 40.5 Å². The summed E-state index contributed by atoms with van der Waals surface area (Å²) in [5.41, 5.74) is 0. The molecule has 1 atom stereocenters. The minimum atomic E-state index is -0.219. The topological polar surface area (TPSA) is 54.5 Å². The summed E-state index contributed by atoms with van der Waals surface area (Å²) in [4.78, 5) is 36.0. The lowest BCUT2D eigenvalue weighted by molar-refractivity contribution is -0.138. The Labute approximate surface area is 106 Å². The van der Waals surface area contributed by atoms with Crippen molar-refractivity contribution in [1.29, 1.82) is 0 Å². The summed E-state index contributed by atoms with van der Waals surface area (Å²) in [6.07, 6.45) is 3.16. The van der Waals surface area contributed by atoms with E-state index in [1.807, 2.05) is 20.1 Å². The number of thioether (sulfide) groups is 1. The van der Waals surface area contributed by atoms with Crippen LogP contribution in [0.25, 0.3) is 0 Å². The van der Waals surface area contributed by atoms with Crippen molar-refractivity contribution in [3.63, 3.8) is 0 Å². The van der Waals surface area contributed by atoms with E-state index in [1.165, 1.54) is 16.7 Å². The molecule has 2 amide bonds. The SMILES string of the molecule is CSC1CC(=O)N(CCCC(=O)C(C)C)C1=O. The summed E-state index contributed by atoms with van der Waals surface area (Å²) < 4.78 is 0. The second kappa shape index (κ2) is 6.19. The van der Waals surface area contributed by atoms with E-state index in [4.69, 9.17) is 0 Å². The number of imide groups is 1. The number of ketones is 1. The van der Waals surface area contributed by atoms with Crippen molar-refractivity contribution in [2.24, 2.45) is 5.92 Å². The van der Waals surface area contributed by atoms with Crippen LogP contribution < -0.4 is 0 Å². The molecule has 1 heterocycles. The molecular formula is C12H19NO3S. The van der Waals surface area contributed by atoms with Gasteiger partial charge in [-0.25, -0.2) is 0 Å². The summed E-state index contributed by atoms with van der Waals surface area (Å²) >= 11 is 1.41. The van der Waals surface area contributed by atoms with Crippen molar-refractivity contribution in [2.75, 3.05) is 12.8 Å². The first-order valence-corrected chi connectivity index (χ1v) is 7.16. The van der Waals surface area contributed by atoms with Crippen LogP contribution in [0.3, 0.4) is 0 Å². The smallest absolute Gasteiger partial charge is 0.242 e. The number of rotatable bonds is 6. The standard InChI is InChI=1S/C12H19NO3S/c1-8(2)9(14)5-4-6-13-11(15)7-10(17-3)12(13)16/h8,10H,4-7H2,1-3H3. The van der Waals surface area contributed by atoms with Crippen LogP contribution in [0.4, 0.5) is 0 Å². The van der Waals surface area contributed by atoms with Crippen LogP contribution in [0.1, 0.15) is 33.1 Å². The van der Waals surface area contributed by atoms with E-state index in [0.717, 1.165) is 0 Å². The maximum atomic E-state index is 11.8. The van der Waals surface area contributed by atoms with E-state index in [9.17, 15) is 14.4 Å². The molecule has 0 aromatic heterocycles. The third-order valence-corrected chi connectivity index (χ3v) is 3.87. The van der Waals surface area contributed by atoms with Crippen molar-refractivity contribution in [3.05, 3.63) is 0 Å². The molecule has 96 valence electrons. The first-order valence-electron chi connectivity index (χ1n) is 5.87. The van der Waals surface area contributed by atoms with Crippen molar-refractivity contribution in [3.8, 4) is 0 Å². The summed E-state index contributed by atoms with van der Waals surface area (Å²) in [5, 5.41) is -0.219. The number of Topliss-reactive ketones (excluding diaryl/α,β-unsaturated/α-hetero) is 1. The monoisotopic (exact) mass is 257 g/mol. The van der Waals surface area contributed by atoms with E-state index < -0.39 is 0 Å². The molecule has 5 heteroatoms. The fourth-order valence-corrected chi connectivity index (χ4v) is 2.41. The van der Waals surface area contributed by atoms with Gasteiger partial charge in [-0.15, -0.1) is 0 Å². The van der Waals surface area contributed by atoms with Gasteiger partial charge in [0.15, 0.2) is 0 Å². The van der Waals surface area contributed by atoms with Crippen LogP contribution in [0, 0.1) is 5.92 Å². The molecule has 1 aliphatic rings. The van der Waals surface area contributed by atoms with Gasteiger partial charge < -0.3 is 0 Å². The zero-order chi connectivity index (χ0) is 13.0. The van der Waals surface area contributed by atoms with E-state index in [0.29, 0.717) is 25.8 Å². The van der Waals surface area contributed by atoms with Crippen molar-refractivity contribution < 1.29 is 14.4 Å². The highest BCUT2D eigenvalue weighted by Gasteiger charge is 2.37. The van der Waals surface area contributed by atoms with Gasteiger partial charge in [-0.3, -0.25) is 19.3 Å². The fourth-order valence-electron chi connectivity index (χ4n) is 1.77. The highest BCUT2D eigenvalue weighted by atomic mass is 32.2. The molecule has 1 fully saturated rings. The fraction of sp³-hybridized carbons (Fsp3) is 0.750. The number of amides is 2. The predicted octanol–water partition coefficient (Wildman–Crippen LogP) is 1.48. The van der Waals surface area contributed by atoms with E-state index in [1.54, 1.807) is 0 Å². The zero-order valence-corrected chi connectivity index (χ0v) is 11.4. The second-order valence-corrected chi connectivity index (χ2v) is 5.58. The lowest BCUT2D eigenvalue weighted by Gasteiger charge is -2.14. The van der Waals surface area contributed by atoms with E-state index in [-0.39, 0.29) is 28.8 Å². The molecule has 17 heavy (non-hydrogen) atoms. The summed E-state index contributed by atoms with van der Waals surface area (Å²) in [7, 11) is 0. The van der Waals surface area contributed by atoms with Gasteiger partial charge in [-0.1, -0.05) is 13.8 Å². The highest BCUT2D eigenvalue weighted by molar-refractivity contribution is 8.00. The summed E-state index contributed by atoms with van der Waals surface area (Å²) in [6, 6.07) is 0. The maximum absolute atomic E-state index is 11.8. The normalized spacial score (nSPS) is 20.5. The van der Waals surface area contributed by atoms with Crippen molar-refractivity contribution >= 4 is 29.4 Å². The van der Waals surface area contributed by atoms with Gasteiger partial charge in [0, 0.05) is 25.3 Å². The van der Waals surface area contributed by atoms with Crippen molar-refractivity contribution in [1.82, 2.24) is 4.90 Å². The van der Waals surface area contributed by atoms with Gasteiger partial charge >= 0.3 is 0 Å². The Morgan fingerprint density at radius 1 is 1.47 bits per heavy atom. The average molecular weight is 257 g/mol. The van der Waals surface area contributed by atoms with Gasteiger partial charge in [0.05, 0.1) is 5.25 Å². The Bertz CT molecular complexity index is 328. The molecule has 1 rings (SSSR count). The predicted molar refractivity (Wildman–Crippen MR) is 67.7 cm³/mol. The zero-order valence-electron chi connectivity index (χ0n) is 10.6. The number of hydrogen-bond donors (Lipinski definition) is 0. The maximum Gasteiger partial charge on any atom is 0.242 e. The lowest BCUT2D eigenvalue weighted by Crippen LogP contribution is -2.32. The Balaban J connectivity index is 2.40. The van der Waals surface area contributed by atoms with Crippen LogP contribution in [0.2, 0.25) is 0 Å². The van der Waals surface area contributed by atoms with Crippen LogP contribution >= 0.6 is 11.8 Å². The molecule has 4 nitrogen and oxygen atoms in total. The Morgan fingerprint density at radius 3 is 2.59 bits per heavy atom. The molecule has 0 aromatic rings. The quantitative estimate of drug-likeness (QED) is 0.676. The summed E-state index contributed by atoms with van der Waals surface area (Å²) in [5.74, 6) is 0.00952. The first kappa shape index (κ1) is 14.2. The molecule has 0 saturated carbocycles. The van der Waals surface area contributed by atoms with Gasteiger partial charge in [0.2, 0.25) is 11.8 Å². The number of carbonyl (C=O) groups is 3. The second-order valence-electron chi connectivity index (χ2n) is 4.54. The highest BCUT2D eigenvalue weighted by Crippen LogP contribution is 2.23. The lowest BCUT2D eigenvalue weighted by atomic mass is 10.0. The van der Waals surface area contributed by atoms with Gasteiger partial charge in [-0.2, -0.15) is 11.8 Å². The Kier molecular flexibility index (Phi) is 5.18. The Hall–Kier alpha value is -0.840. The number of carbonyl (C=O) groups excluding carboxylic acids is 3. The number of hydrogen-bond acceptors (Lipinski definition) is 4. The Morgan fingerprint density at radius 2 is 2.12 bits per heavy atom. The van der Waals surface area contributed by atoms with Gasteiger partial charge in [-0.05, 0) is 12.7 Å². The largest absolute Gasteiger partial charge is 0.299 e. The average Bonchev–Trinajstić information content (AvgIpc) is 2.55. The molecule has 1 aliphatic heterocycles. The first-order chi connectivity index (χ1) is 7.97. The van der Waals surface area contributed by atoms with Crippen LogP contribution in [-0.2, 0) is 14.4 Å². The minimum absolute atomic E-state index is 0.0268. The molecule has 0 spiro atoms. The third kappa shape index (κ3) is 3.56. The van der Waals surface area contributed by atoms with E-state index in [2.05, 4.69) is 0 Å². The molecule has 1 unspecified atom stereocenters. The molecule has 0 radical (unpaired) electrons. The number of likely N-dealkylation sites (tertiary alicyclic amines) is 1. The molecule has 0 aliphatic carbocycles. The van der Waals surface area contributed by atoms with Crippen LogP contribution in [0.5, 0.6) is 0 Å². The van der Waals surface area contributed by atoms with Crippen LogP contribution in [0.15, 0.2) is 0 Å². The molecule has 1 saturated heterocycles.